The maximum absolute atomic E-state index is 12.6. The number of aldehydes is 1. The van der Waals surface area contributed by atoms with Crippen molar-refractivity contribution in [2.75, 3.05) is 27.9 Å². The molecule has 0 spiro atoms. The number of ether oxygens (including phenoxy) is 3. The number of carbonyl (C=O) groups is 1. The lowest BCUT2D eigenvalue weighted by Gasteiger charge is -2.41. The number of carbonyl (C=O) groups excluding carboxylic acids is 1. The third-order valence-corrected chi connectivity index (χ3v) is 7.10. The summed E-state index contributed by atoms with van der Waals surface area (Å²) in [4.78, 5) is 14.9. The van der Waals surface area contributed by atoms with Gasteiger partial charge in [0.1, 0.15) is 6.29 Å². The Balaban J connectivity index is 1.69. The molecular formula is C30H35NO4. The molecule has 0 amide bonds. The highest BCUT2D eigenvalue weighted by molar-refractivity contribution is 5.65. The minimum atomic E-state index is -0.388. The Morgan fingerprint density at radius 1 is 0.829 bits per heavy atom. The molecule has 3 aromatic rings. The summed E-state index contributed by atoms with van der Waals surface area (Å²) in [6.07, 6.45) is 5.30. The predicted octanol–water partition coefficient (Wildman–Crippen LogP) is 6.03. The molecule has 1 saturated heterocycles. The number of methoxy groups -OCH3 is 3. The highest BCUT2D eigenvalue weighted by atomic mass is 16.5. The Kier molecular flexibility index (Phi) is 8.43. The molecule has 184 valence electrons. The molecule has 0 aromatic heterocycles. The lowest BCUT2D eigenvalue weighted by molar-refractivity contribution is -0.114. The van der Waals surface area contributed by atoms with Gasteiger partial charge in [-0.05, 0) is 54.6 Å². The van der Waals surface area contributed by atoms with Crippen molar-refractivity contribution in [1.29, 1.82) is 0 Å². The summed E-state index contributed by atoms with van der Waals surface area (Å²) in [6, 6.07) is 25.1. The van der Waals surface area contributed by atoms with Gasteiger partial charge < -0.3 is 19.0 Å². The van der Waals surface area contributed by atoms with Crippen molar-refractivity contribution < 1.29 is 19.0 Å². The van der Waals surface area contributed by atoms with Crippen LogP contribution in [0.15, 0.2) is 72.8 Å². The molecule has 3 aromatic carbocycles. The van der Waals surface area contributed by atoms with Crippen LogP contribution in [0.2, 0.25) is 0 Å². The van der Waals surface area contributed by atoms with Gasteiger partial charge in [0.05, 0.1) is 27.4 Å². The highest BCUT2D eigenvalue weighted by Crippen LogP contribution is 2.42. The maximum Gasteiger partial charge on any atom is 0.203 e. The van der Waals surface area contributed by atoms with E-state index in [1.165, 1.54) is 11.1 Å². The molecule has 2 atom stereocenters. The fourth-order valence-electron chi connectivity index (χ4n) is 5.37. The second kappa shape index (κ2) is 11.9. The minimum Gasteiger partial charge on any atom is -0.493 e. The van der Waals surface area contributed by atoms with Crippen molar-refractivity contribution in [2.45, 2.75) is 43.7 Å². The molecule has 0 bridgehead atoms. The van der Waals surface area contributed by atoms with Gasteiger partial charge in [0.15, 0.2) is 11.5 Å². The van der Waals surface area contributed by atoms with Crippen molar-refractivity contribution >= 4 is 6.29 Å². The summed E-state index contributed by atoms with van der Waals surface area (Å²) in [7, 11) is 4.79. The smallest absolute Gasteiger partial charge is 0.203 e. The first-order chi connectivity index (χ1) is 17.2. The van der Waals surface area contributed by atoms with E-state index in [1.54, 1.807) is 21.3 Å². The normalized spacial score (nSPS) is 17.1. The van der Waals surface area contributed by atoms with Crippen molar-refractivity contribution in [3.8, 4) is 17.2 Å². The van der Waals surface area contributed by atoms with Crippen LogP contribution in [0, 0.1) is 0 Å². The van der Waals surface area contributed by atoms with E-state index < -0.39 is 0 Å². The average Bonchev–Trinajstić information content (AvgIpc) is 2.93. The van der Waals surface area contributed by atoms with E-state index in [0.717, 1.165) is 44.1 Å². The van der Waals surface area contributed by atoms with Crippen LogP contribution in [-0.2, 0) is 4.79 Å². The quantitative estimate of drug-likeness (QED) is 0.337. The zero-order valence-electron chi connectivity index (χ0n) is 20.9. The van der Waals surface area contributed by atoms with E-state index in [-0.39, 0.29) is 18.0 Å². The Morgan fingerprint density at radius 3 is 1.89 bits per heavy atom. The van der Waals surface area contributed by atoms with Crippen LogP contribution in [0.4, 0.5) is 0 Å². The van der Waals surface area contributed by atoms with Crippen molar-refractivity contribution in [3.05, 3.63) is 89.5 Å². The van der Waals surface area contributed by atoms with Crippen LogP contribution in [0.5, 0.6) is 17.2 Å². The molecule has 0 saturated carbocycles. The van der Waals surface area contributed by atoms with Gasteiger partial charge in [-0.1, -0.05) is 67.1 Å². The Bertz CT molecular complexity index is 1020. The molecule has 4 rings (SSSR count). The van der Waals surface area contributed by atoms with Gasteiger partial charge in [0.25, 0.3) is 0 Å². The second-order valence-corrected chi connectivity index (χ2v) is 9.04. The van der Waals surface area contributed by atoms with Crippen molar-refractivity contribution in [2.24, 2.45) is 0 Å². The molecule has 0 aliphatic carbocycles. The molecule has 1 fully saturated rings. The summed E-state index contributed by atoms with van der Waals surface area (Å²) < 4.78 is 16.6. The van der Waals surface area contributed by atoms with E-state index in [2.05, 4.69) is 65.6 Å². The monoisotopic (exact) mass is 473 g/mol. The van der Waals surface area contributed by atoms with Crippen molar-refractivity contribution in [3.63, 3.8) is 0 Å². The maximum atomic E-state index is 12.6. The Labute approximate surface area is 208 Å². The number of likely N-dealkylation sites (tertiary alicyclic amines) is 1. The largest absolute Gasteiger partial charge is 0.493 e. The molecule has 5 heteroatoms. The van der Waals surface area contributed by atoms with Crippen LogP contribution in [0.1, 0.15) is 54.3 Å². The number of rotatable bonds is 10. The topological polar surface area (TPSA) is 48.0 Å². The van der Waals surface area contributed by atoms with Crippen LogP contribution in [-0.4, -0.2) is 45.1 Å². The summed E-state index contributed by atoms with van der Waals surface area (Å²) in [5.74, 6) is 1.92. The average molecular weight is 474 g/mol. The third kappa shape index (κ3) is 5.51. The number of nitrogens with zero attached hydrogens (tertiary/aromatic N) is 1. The molecule has 0 radical (unpaired) electrons. The standard InChI is InChI=1S/C30H35NO4/c1-33-28-18-24(19-29(34-2)30(28)35-3)27(21-32)31-17-11-10-16-25(31)20-26(22-12-6-4-7-13-22)23-14-8-5-9-15-23/h4-9,12-15,18-19,21,25-27H,10-11,16-17,20H2,1-3H3. The SMILES string of the molecule is COc1cc(C(C=O)N2CCCCC2CC(c2ccccc2)c2ccccc2)cc(OC)c1OC. The second-order valence-electron chi connectivity index (χ2n) is 9.04. The summed E-state index contributed by atoms with van der Waals surface area (Å²) in [5, 5.41) is 0. The van der Waals surface area contributed by atoms with Gasteiger partial charge in [0, 0.05) is 12.0 Å². The van der Waals surface area contributed by atoms with E-state index >= 15 is 0 Å². The van der Waals surface area contributed by atoms with E-state index in [0.29, 0.717) is 17.2 Å². The minimum absolute atomic E-state index is 0.259. The van der Waals surface area contributed by atoms with Gasteiger partial charge in [0.2, 0.25) is 5.75 Å². The number of hydrogen-bond donors (Lipinski definition) is 0. The molecule has 0 N–H and O–H groups in total. The summed E-state index contributed by atoms with van der Waals surface area (Å²) in [5.41, 5.74) is 3.47. The van der Waals surface area contributed by atoms with E-state index in [9.17, 15) is 4.79 Å². The lowest BCUT2D eigenvalue weighted by atomic mass is 9.82. The fourth-order valence-corrected chi connectivity index (χ4v) is 5.37. The molecule has 2 unspecified atom stereocenters. The number of piperidine rings is 1. The number of benzene rings is 3. The molecule has 1 aliphatic heterocycles. The molecule has 1 heterocycles. The van der Waals surface area contributed by atoms with Gasteiger partial charge in [-0.2, -0.15) is 0 Å². The summed E-state index contributed by atoms with van der Waals surface area (Å²) in [6.45, 7) is 0.876. The van der Waals surface area contributed by atoms with Crippen molar-refractivity contribution in [1.82, 2.24) is 4.90 Å². The first-order valence-electron chi connectivity index (χ1n) is 12.3. The molecular weight excluding hydrogens is 438 g/mol. The zero-order chi connectivity index (χ0) is 24.6. The third-order valence-electron chi connectivity index (χ3n) is 7.10. The van der Waals surface area contributed by atoms with Gasteiger partial charge in [-0.15, -0.1) is 0 Å². The molecule has 35 heavy (non-hydrogen) atoms. The first-order valence-corrected chi connectivity index (χ1v) is 12.3. The number of hydrogen-bond acceptors (Lipinski definition) is 5. The molecule has 5 nitrogen and oxygen atoms in total. The van der Waals surface area contributed by atoms with Gasteiger partial charge in [-0.25, -0.2) is 0 Å². The Morgan fingerprint density at radius 2 is 1.40 bits per heavy atom. The highest BCUT2D eigenvalue weighted by Gasteiger charge is 2.33. The van der Waals surface area contributed by atoms with Crippen LogP contribution < -0.4 is 14.2 Å². The zero-order valence-corrected chi connectivity index (χ0v) is 20.9. The van der Waals surface area contributed by atoms with E-state index in [4.69, 9.17) is 14.2 Å². The fraction of sp³-hybridized carbons (Fsp3) is 0.367. The first kappa shape index (κ1) is 24.8. The van der Waals surface area contributed by atoms with Crippen LogP contribution in [0.25, 0.3) is 0 Å². The molecule has 1 aliphatic rings. The van der Waals surface area contributed by atoms with Crippen LogP contribution in [0.3, 0.4) is 0 Å². The van der Waals surface area contributed by atoms with Crippen LogP contribution >= 0.6 is 0 Å². The predicted molar refractivity (Wildman–Crippen MR) is 139 cm³/mol. The lowest BCUT2D eigenvalue weighted by Crippen LogP contribution is -2.43. The Hall–Kier alpha value is -3.31. The van der Waals surface area contributed by atoms with Gasteiger partial charge >= 0.3 is 0 Å². The van der Waals surface area contributed by atoms with E-state index in [1.807, 2.05) is 12.1 Å². The summed E-state index contributed by atoms with van der Waals surface area (Å²) >= 11 is 0. The van der Waals surface area contributed by atoms with Gasteiger partial charge in [-0.3, -0.25) is 4.90 Å².